The largest absolute Gasteiger partial charge is 0.391 e. The molecule has 2 atom stereocenters. The molecule has 1 amide bonds. The van der Waals surface area contributed by atoms with Crippen molar-refractivity contribution >= 4 is 11.9 Å². The van der Waals surface area contributed by atoms with E-state index in [0.29, 0.717) is 0 Å². The van der Waals surface area contributed by atoms with Crippen molar-refractivity contribution in [3.05, 3.63) is 6.33 Å². The van der Waals surface area contributed by atoms with Crippen LogP contribution in [0.15, 0.2) is 6.33 Å². The van der Waals surface area contributed by atoms with Gasteiger partial charge in [-0.05, 0) is 12.8 Å². The van der Waals surface area contributed by atoms with Crippen LogP contribution in [0, 0.1) is 0 Å². The first-order valence-corrected chi connectivity index (χ1v) is 5.77. The lowest BCUT2D eigenvalue weighted by Gasteiger charge is -2.28. The van der Waals surface area contributed by atoms with E-state index in [1.165, 1.54) is 11.0 Å². The standard InChI is InChI=1S/C10H17N5O2/c11-10-12-6-15(14-10)5-9(17)13-7-3-1-2-4-8(7)16/h6-8,16H,1-5H2,(H2,11,14)(H,13,17)/t7-,8-/m1/s1. The first-order valence-electron chi connectivity index (χ1n) is 5.77. The highest BCUT2D eigenvalue weighted by atomic mass is 16.3. The van der Waals surface area contributed by atoms with Crippen LogP contribution in [0.2, 0.25) is 0 Å². The summed E-state index contributed by atoms with van der Waals surface area (Å²) in [6.45, 7) is 0.0768. The average molecular weight is 239 g/mol. The molecular weight excluding hydrogens is 222 g/mol. The van der Waals surface area contributed by atoms with Crippen LogP contribution < -0.4 is 11.1 Å². The number of anilines is 1. The van der Waals surface area contributed by atoms with E-state index >= 15 is 0 Å². The van der Waals surface area contributed by atoms with Gasteiger partial charge < -0.3 is 16.2 Å². The van der Waals surface area contributed by atoms with Crippen LogP contribution in [0.3, 0.4) is 0 Å². The van der Waals surface area contributed by atoms with Crippen molar-refractivity contribution in [3.8, 4) is 0 Å². The van der Waals surface area contributed by atoms with Crippen LogP contribution in [0.5, 0.6) is 0 Å². The highest BCUT2D eigenvalue weighted by Crippen LogP contribution is 2.18. The second kappa shape index (κ2) is 5.13. The number of carbonyl (C=O) groups is 1. The summed E-state index contributed by atoms with van der Waals surface area (Å²) in [4.78, 5) is 15.4. The molecule has 17 heavy (non-hydrogen) atoms. The van der Waals surface area contributed by atoms with E-state index in [1.54, 1.807) is 0 Å². The Balaban J connectivity index is 1.84. The molecule has 1 aromatic rings. The molecule has 0 radical (unpaired) electrons. The number of nitrogens with two attached hydrogens (primary N) is 1. The van der Waals surface area contributed by atoms with Crippen molar-refractivity contribution in [3.63, 3.8) is 0 Å². The molecule has 7 heteroatoms. The lowest BCUT2D eigenvalue weighted by molar-refractivity contribution is -0.123. The molecule has 7 nitrogen and oxygen atoms in total. The Labute approximate surface area is 99.0 Å². The number of aliphatic hydroxyl groups is 1. The molecule has 1 aliphatic rings. The molecule has 0 aliphatic heterocycles. The molecule has 0 bridgehead atoms. The molecule has 0 spiro atoms. The molecule has 1 aliphatic carbocycles. The third kappa shape index (κ3) is 3.16. The molecule has 1 aromatic heterocycles. The zero-order chi connectivity index (χ0) is 12.3. The zero-order valence-corrected chi connectivity index (χ0v) is 9.54. The Hall–Kier alpha value is -1.63. The minimum absolute atomic E-state index is 0.0768. The second-order valence-corrected chi connectivity index (χ2v) is 4.33. The summed E-state index contributed by atoms with van der Waals surface area (Å²) >= 11 is 0. The van der Waals surface area contributed by atoms with Gasteiger partial charge in [-0.15, -0.1) is 5.10 Å². The van der Waals surface area contributed by atoms with Gasteiger partial charge in [-0.25, -0.2) is 9.67 Å². The maximum Gasteiger partial charge on any atom is 0.242 e. The van der Waals surface area contributed by atoms with Crippen LogP contribution >= 0.6 is 0 Å². The smallest absolute Gasteiger partial charge is 0.242 e. The van der Waals surface area contributed by atoms with Gasteiger partial charge in [-0.3, -0.25) is 4.79 Å². The van der Waals surface area contributed by atoms with Crippen LogP contribution in [0.25, 0.3) is 0 Å². The number of nitrogens with zero attached hydrogens (tertiary/aromatic N) is 3. The van der Waals surface area contributed by atoms with Crippen molar-refractivity contribution < 1.29 is 9.90 Å². The summed E-state index contributed by atoms with van der Waals surface area (Å²) in [6, 6.07) is -0.142. The van der Waals surface area contributed by atoms with Gasteiger partial charge in [0.15, 0.2) is 0 Å². The number of nitrogen functional groups attached to an aromatic ring is 1. The molecule has 1 heterocycles. The number of hydrogen-bond acceptors (Lipinski definition) is 5. The van der Waals surface area contributed by atoms with Crippen LogP contribution in [-0.4, -0.2) is 37.9 Å². The van der Waals surface area contributed by atoms with E-state index in [9.17, 15) is 9.90 Å². The van der Waals surface area contributed by atoms with Gasteiger partial charge in [-0.1, -0.05) is 12.8 Å². The molecule has 4 N–H and O–H groups in total. The monoisotopic (exact) mass is 239 g/mol. The van der Waals surface area contributed by atoms with Crippen LogP contribution in [0.1, 0.15) is 25.7 Å². The van der Waals surface area contributed by atoms with E-state index in [0.717, 1.165) is 25.7 Å². The van der Waals surface area contributed by atoms with E-state index in [1.807, 2.05) is 0 Å². The average Bonchev–Trinajstić information content (AvgIpc) is 2.67. The lowest BCUT2D eigenvalue weighted by Crippen LogP contribution is -2.46. The molecule has 0 saturated heterocycles. The molecule has 1 fully saturated rings. The van der Waals surface area contributed by atoms with Crippen LogP contribution in [0.4, 0.5) is 5.95 Å². The molecule has 94 valence electrons. The van der Waals surface area contributed by atoms with Gasteiger partial charge in [0, 0.05) is 0 Å². The quantitative estimate of drug-likeness (QED) is 0.645. The first kappa shape index (κ1) is 11.8. The fourth-order valence-corrected chi connectivity index (χ4v) is 2.06. The van der Waals surface area contributed by atoms with Gasteiger partial charge in [0.2, 0.25) is 11.9 Å². The van der Waals surface area contributed by atoms with Crippen molar-refractivity contribution in [1.82, 2.24) is 20.1 Å². The number of aliphatic hydroxyl groups excluding tert-OH is 1. The molecule has 0 unspecified atom stereocenters. The topological polar surface area (TPSA) is 106 Å². The summed E-state index contributed by atoms with van der Waals surface area (Å²) in [6.07, 6.45) is 4.61. The van der Waals surface area contributed by atoms with E-state index in [4.69, 9.17) is 5.73 Å². The molecule has 2 rings (SSSR count). The summed E-state index contributed by atoms with van der Waals surface area (Å²) in [5.41, 5.74) is 5.35. The van der Waals surface area contributed by atoms with Crippen molar-refractivity contribution in [2.24, 2.45) is 0 Å². The third-order valence-electron chi connectivity index (χ3n) is 2.94. The number of carbonyl (C=O) groups excluding carboxylic acids is 1. The fourth-order valence-electron chi connectivity index (χ4n) is 2.06. The highest BCUT2D eigenvalue weighted by molar-refractivity contribution is 5.76. The molecule has 1 saturated carbocycles. The zero-order valence-electron chi connectivity index (χ0n) is 9.54. The van der Waals surface area contributed by atoms with E-state index < -0.39 is 6.10 Å². The van der Waals surface area contributed by atoms with Crippen molar-refractivity contribution in [1.29, 1.82) is 0 Å². The van der Waals surface area contributed by atoms with E-state index in [2.05, 4.69) is 15.4 Å². The molecular formula is C10H17N5O2. The minimum Gasteiger partial charge on any atom is -0.391 e. The van der Waals surface area contributed by atoms with Crippen LogP contribution in [-0.2, 0) is 11.3 Å². The normalized spacial score (nSPS) is 24.5. The summed E-state index contributed by atoms with van der Waals surface area (Å²) < 4.78 is 1.37. The predicted octanol–water partition coefficient (Wildman–Crippen LogP) is -0.720. The number of rotatable bonds is 3. The Bertz CT molecular complexity index is 392. The highest BCUT2D eigenvalue weighted by Gasteiger charge is 2.24. The number of hydrogen-bond donors (Lipinski definition) is 3. The van der Waals surface area contributed by atoms with Gasteiger partial charge >= 0.3 is 0 Å². The van der Waals surface area contributed by atoms with Crippen molar-refractivity contribution in [2.75, 3.05) is 5.73 Å². The lowest BCUT2D eigenvalue weighted by atomic mass is 9.92. The summed E-state index contributed by atoms with van der Waals surface area (Å²) in [5, 5.41) is 16.3. The Kier molecular flexibility index (Phi) is 3.58. The van der Waals surface area contributed by atoms with Gasteiger partial charge in [-0.2, -0.15) is 0 Å². The van der Waals surface area contributed by atoms with Crippen molar-refractivity contribution in [2.45, 2.75) is 44.4 Å². The Morgan fingerprint density at radius 3 is 3.00 bits per heavy atom. The maximum absolute atomic E-state index is 11.7. The Morgan fingerprint density at radius 1 is 1.59 bits per heavy atom. The number of aromatic nitrogens is 3. The summed E-state index contributed by atoms with van der Waals surface area (Å²) in [5.74, 6) is -0.0312. The predicted molar refractivity (Wildman–Crippen MR) is 60.8 cm³/mol. The third-order valence-corrected chi connectivity index (χ3v) is 2.94. The Morgan fingerprint density at radius 2 is 2.35 bits per heavy atom. The summed E-state index contributed by atoms with van der Waals surface area (Å²) in [7, 11) is 0. The number of nitrogens with one attached hydrogen (secondary N) is 1. The van der Waals surface area contributed by atoms with Gasteiger partial charge in [0.1, 0.15) is 12.9 Å². The first-order chi connectivity index (χ1) is 8.15. The second-order valence-electron chi connectivity index (χ2n) is 4.33. The number of amides is 1. The maximum atomic E-state index is 11.7. The minimum atomic E-state index is -0.437. The molecule has 0 aromatic carbocycles. The fraction of sp³-hybridized carbons (Fsp3) is 0.700. The van der Waals surface area contributed by atoms with Gasteiger partial charge in [0.25, 0.3) is 0 Å². The SMILES string of the molecule is Nc1ncn(CC(=O)N[C@@H]2CCCC[C@H]2O)n1. The van der Waals surface area contributed by atoms with E-state index in [-0.39, 0.29) is 24.4 Å². The van der Waals surface area contributed by atoms with Gasteiger partial charge in [0.05, 0.1) is 12.1 Å².